The third-order valence-corrected chi connectivity index (χ3v) is 3.35. The number of halogens is 1. The molecule has 19 heavy (non-hydrogen) atoms. The van der Waals surface area contributed by atoms with Crippen molar-refractivity contribution in [2.24, 2.45) is 5.92 Å². The van der Waals surface area contributed by atoms with Crippen LogP contribution in [0.4, 0.5) is 5.69 Å². The van der Waals surface area contributed by atoms with Crippen LogP contribution in [0.3, 0.4) is 0 Å². The van der Waals surface area contributed by atoms with Gasteiger partial charge in [-0.2, -0.15) is 5.10 Å². The topological polar surface area (TPSA) is 67.2 Å². The van der Waals surface area contributed by atoms with Gasteiger partial charge in [0.1, 0.15) is 5.02 Å². The molecular weight excluding hydrogens is 266 g/mol. The van der Waals surface area contributed by atoms with Gasteiger partial charge in [0.25, 0.3) is 5.56 Å². The summed E-state index contributed by atoms with van der Waals surface area (Å²) in [7, 11) is 0. The number of hydrogen-bond donors (Lipinski definition) is 2. The summed E-state index contributed by atoms with van der Waals surface area (Å²) in [5, 5.41) is 16.2. The van der Waals surface area contributed by atoms with Gasteiger partial charge in [0.2, 0.25) is 0 Å². The first-order valence-electron chi connectivity index (χ1n) is 6.35. The van der Waals surface area contributed by atoms with E-state index < -0.39 is 0 Å². The van der Waals surface area contributed by atoms with Crippen LogP contribution in [0.5, 0.6) is 0 Å². The third kappa shape index (κ3) is 4.36. The van der Waals surface area contributed by atoms with Crippen LogP contribution in [0.2, 0.25) is 5.02 Å². The Balaban J connectivity index is 2.77. The van der Waals surface area contributed by atoms with E-state index in [1.165, 1.54) is 4.68 Å². The third-order valence-electron chi connectivity index (χ3n) is 2.98. The van der Waals surface area contributed by atoms with E-state index in [4.69, 9.17) is 16.7 Å². The molecule has 0 amide bonds. The highest BCUT2D eigenvalue weighted by molar-refractivity contribution is 6.32. The molecule has 1 aromatic heterocycles. The van der Waals surface area contributed by atoms with Crippen molar-refractivity contribution in [3.63, 3.8) is 0 Å². The van der Waals surface area contributed by atoms with Crippen molar-refractivity contribution >= 4 is 17.3 Å². The summed E-state index contributed by atoms with van der Waals surface area (Å²) in [5.41, 5.74) is 0.199. The van der Waals surface area contributed by atoms with Crippen molar-refractivity contribution in [2.75, 3.05) is 18.5 Å². The lowest BCUT2D eigenvalue weighted by molar-refractivity contribution is 0.258. The molecular formula is C13H20ClN3O2. The predicted molar refractivity (Wildman–Crippen MR) is 77.7 cm³/mol. The lowest BCUT2D eigenvalue weighted by atomic mass is 10.0. The van der Waals surface area contributed by atoms with Crippen molar-refractivity contribution in [3.8, 4) is 0 Å². The number of hydrogen-bond acceptors (Lipinski definition) is 4. The Bertz CT molecular complexity index is 473. The average Bonchev–Trinajstić information content (AvgIpc) is 2.42. The second-order valence-corrected chi connectivity index (χ2v) is 4.69. The second kappa shape index (κ2) is 7.96. The molecule has 1 rings (SSSR count). The van der Waals surface area contributed by atoms with Gasteiger partial charge >= 0.3 is 0 Å². The molecule has 1 aromatic rings. The molecule has 0 radical (unpaired) electrons. The summed E-state index contributed by atoms with van der Waals surface area (Å²) < 4.78 is 1.26. The Kier molecular flexibility index (Phi) is 6.59. The number of aromatic nitrogens is 2. The average molecular weight is 286 g/mol. The number of rotatable bonds is 8. The monoisotopic (exact) mass is 285 g/mol. The van der Waals surface area contributed by atoms with Crippen molar-refractivity contribution in [2.45, 2.75) is 26.3 Å². The fraction of sp³-hybridized carbons (Fsp3) is 0.538. The standard InChI is InChI=1S/C13H20ClN3O2/c1-3-6-17-13(19)12(14)11(9-16-17)15-8-10(4-2)5-7-18/h3,9-10,15,18H,1,4-8H2,2H3. The van der Waals surface area contributed by atoms with E-state index in [9.17, 15) is 4.79 Å². The van der Waals surface area contributed by atoms with Crippen molar-refractivity contribution in [1.82, 2.24) is 9.78 Å². The minimum Gasteiger partial charge on any atom is -0.396 e. The summed E-state index contributed by atoms with van der Waals surface area (Å²) >= 11 is 6.02. The van der Waals surface area contributed by atoms with E-state index in [1.54, 1.807) is 12.3 Å². The Morgan fingerprint density at radius 1 is 1.68 bits per heavy atom. The van der Waals surface area contributed by atoms with E-state index in [1.807, 2.05) is 0 Å². The van der Waals surface area contributed by atoms with Gasteiger partial charge in [-0.05, 0) is 12.3 Å². The fourth-order valence-corrected chi connectivity index (χ4v) is 1.94. The summed E-state index contributed by atoms with van der Waals surface area (Å²) in [6.45, 7) is 6.77. The highest BCUT2D eigenvalue weighted by Gasteiger charge is 2.10. The molecule has 5 nitrogen and oxygen atoms in total. The van der Waals surface area contributed by atoms with Crippen molar-refractivity contribution in [1.29, 1.82) is 0 Å². The Morgan fingerprint density at radius 3 is 3.00 bits per heavy atom. The molecule has 1 atom stereocenters. The molecule has 0 bridgehead atoms. The molecule has 0 spiro atoms. The molecule has 6 heteroatoms. The Labute approximate surface area is 117 Å². The zero-order valence-electron chi connectivity index (χ0n) is 11.1. The summed E-state index contributed by atoms with van der Waals surface area (Å²) in [4.78, 5) is 11.9. The van der Waals surface area contributed by atoms with Crippen molar-refractivity contribution < 1.29 is 5.11 Å². The number of anilines is 1. The highest BCUT2D eigenvalue weighted by Crippen LogP contribution is 2.17. The Hall–Kier alpha value is -1.33. The van der Waals surface area contributed by atoms with Gasteiger partial charge < -0.3 is 10.4 Å². The molecule has 0 saturated heterocycles. The zero-order chi connectivity index (χ0) is 14.3. The quantitative estimate of drug-likeness (QED) is 0.716. The van der Waals surface area contributed by atoms with Gasteiger partial charge in [0.15, 0.2) is 0 Å². The first-order valence-corrected chi connectivity index (χ1v) is 6.73. The summed E-state index contributed by atoms with van der Waals surface area (Å²) in [5.74, 6) is 0.344. The predicted octanol–water partition coefficient (Wildman–Crippen LogP) is 1.90. The first kappa shape index (κ1) is 15.7. The van der Waals surface area contributed by atoms with Gasteiger partial charge in [-0.3, -0.25) is 4.79 Å². The second-order valence-electron chi connectivity index (χ2n) is 4.32. The minimum atomic E-state index is -0.332. The maximum Gasteiger partial charge on any atom is 0.287 e. The van der Waals surface area contributed by atoms with E-state index in [2.05, 4.69) is 23.9 Å². The number of aliphatic hydroxyl groups excluding tert-OH is 1. The molecule has 0 aliphatic rings. The van der Waals surface area contributed by atoms with Crippen LogP contribution in [0.25, 0.3) is 0 Å². The lowest BCUT2D eigenvalue weighted by Gasteiger charge is -2.16. The maximum absolute atomic E-state index is 11.9. The molecule has 0 saturated carbocycles. The minimum absolute atomic E-state index is 0.135. The van der Waals surface area contributed by atoms with E-state index >= 15 is 0 Å². The largest absolute Gasteiger partial charge is 0.396 e. The summed E-state index contributed by atoms with van der Waals surface area (Å²) in [6, 6.07) is 0. The first-order chi connectivity index (χ1) is 9.13. The fourth-order valence-electron chi connectivity index (χ4n) is 1.73. The zero-order valence-corrected chi connectivity index (χ0v) is 11.9. The van der Waals surface area contributed by atoms with Crippen molar-refractivity contribution in [3.05, 3.63) is 34.2 Å². The van der Waals surface area contributed by atoms with Crippen LogP contribution in [-0.4, -0.2) is 28.0 Å². The van der Waals surface area contributed by atoms with E-state index in [0.29, 0.717) is 24.7 Å². The number of aliphatic hydroxyl groups is 1. The van der Waals surface area contributed by atoms with Gasteiger partial charge in [0, 0.05) is 13.2 Å². The SMILES string of the molecule is C=CCn1ncc(NCC(CC)CCO)c(Cl)c1=O. The molecule has 106 valence electrons. The molecule has 2 N–H and O–H groups in total. The van der Waals surface area contributed by atoms with Crippen LogP contribution in [0, 0.1) is 5.92 Å². The van der Waals surface area contributed by atoms with Crippen LogP contribution in [-0.2, 0) is 6.54 Å². The molecule has 0 fully saturated rings. The Morgan fingerprint density at radius 2 is 2.42 bits per heavy atom. The van der Waals surface area contributed by atoms with Gasteiger partial charge in [-0.15, -0.1) is 6.58 Å². The lowest BCUT2D eigenvalue weighted by Crippen LogP contribution is -2.24. The normalized spacial score (nSPS) is 12.2. The molecule has 0 aliphatic heterocycles. The van der Waals surface area contributed by atoms with Gasteiger partial charge in [-0.1, -0.05) is 31.0 Å². The summed E-state index contributed by atoms with van der Waals surface area (Å²) in [6.07, 6.45) is 4.80. The molecule has 0 aliphatic carbocycles. The van der Waals surface area contributed by atoms with Gasteiger partial charge in [0.05, 0.1) is 18.4 Å². The number of nitrogens with one attached hydrogen (secondary N) is 1. The molecule has 0 aromatic carbocycles. The van der Waals surface area contributed by atoms with E-state index in [-0.39, 0.29) is 17.2 Å². The highest BCUT2D eigenvalue weighted by atomic mass is 35.5. The molecule has 1 heterocycles. The number of nitrogens with zero attached hydrogens (tertiary/aromatic N) is 2. The molecule has 1 unspecified atom stereocenters. The van der Waals surface area contributed by atoms with Crippen LogP contribution in [0.15, 0.2) is 23.6 Å². The van der Waals surface area contributed by atoms with Crippen LogP contribution >= 0.6 is 11.6 Å². The number of allylic oxidation sites excluding steroid dienone is 1. The smallest absolute Gasteiger partial charge is 0.287 e. The van der Waals surface area contributed by atoms with Crippen LogP contribution in [0.1, 0.15) is 19.8 Å². The van der Waals surface area contributed by atoms with Gasteiger partial charge in [-0.25, -0.2) is 4.68 Å². The maximum atomic E-state index is 11.9. The van der Waals surface area contributed by atoms with Crippen LogP contribution < -0.4 is 10.9 Å². The van der Waals surface area contributed by atoms with E-state index in [0.717, 1.165) is 12.8 Å².